The Morgan fingerprint density at radius 1 is 0.909 bits per heavy atom. The van der Waals surface area contributed by atoms with Crippen LogP contribution in [-0.4, -0.2) is 65.8 Å². The average Bonchev–Trinajstić information content (AvgIpc) is 2.73. The summed E-state index contributed by atoms with van der Waals surface area (Å²) in [4.78, 5) is 27.0. The van der Waals surface area contributed by atoms with E-state index < -0.39 is 17.9 Å². The number of carboxylic acid groups (broad SMARTS) is 3. The SMILES string of the molecule is CC(=O)O.CC(=O)O.CC(=O)O.[Pb][c]1ccc2c(c1)OCO2. The number of hydrogen-bond acceptors (Lipinski definition) is 5. The molecule has 1 aromatic carbocycles. The van der Waals surface area contributed by atoms with Crippen molar-refractivity contribution in [3.05, 3.63) is 18.2 Å². The maximum atomic E-state index is 9.00. The Morgan fingerprint density at radius 2 is 1.27 bits per heavy atom. The first-order chi connectivity index (χ1) is 10.1. The third-order valence-electron chi connectivity index (χ3n) is 1.37. The zero-order chi connectivity index (χ0) is 17.7. The van der Waals surface area contributed by atoms with Crippen molar-refractivity contribution in [2.75, 3.05) is 6.79 Å². The van der Waals surface area contributed by atoms with Crippen LogP contribution in [0.3, 0.4) is 0 Å². The van der Waals surface area contributed by atoms with Crippen LogP contribution in [0.1, 0.15) is 20.8 Å². The summed E-state index contributed by atoms with van der Waals surface area (Å²) < 4.78 is 11.7. The Kier molecular flexibility index (Phi) is 13.1. The fraction of sp³-hybridized carbons (Fsp3) is 0.308. The molecule has 0 unspecified atom stereocenters. The Balaban J connectivity index is 0. The molecule has 3 radical (unpaired) electrons. The molecule has 3 N–H and O–H groups in total. The number of carboxylic acids is 3. The van der Waals surface area contributed by atoms with Crippen molar-refractivity contribution in [2.24, 2.45) is 0 Å². The second kappa shape index (κ2) is 12.9. The van der Waals surface area contributed by atoms with Gasteiger partial charge in [0, 0.05) is 20.8 Å². The van der Waals surface area contributed by atoms with Gasteiger partial charge >= 0.3 is 74.9 Å². The molecule has 0 atom stereocenters. The van der Waals surface area contributed by atoms with Crippen LogP contribution in [0.4, 0.5) is 0 Å². The van der Waals surface area contributed by atoms with Crippen molar-refractivity contribution in [3.8, 4) is 11.5 Å². The molecule has 0 saturated heterocycles. The van der Waals surface area contributed by atoms with E-state index in [2.05, 4.69) is 6.07 Å². The number of hydrogen-bond donors (Lipinski definition) is 3. The number of benzene rings is 1. The van der Waals surface area contributed by atoms with E-state index in [-0.39, 0.29) is 0 Å². The van der Waals surface area contributed by atoms with Crippen LogP contribution in [0, 0.1) is 0 Å². The molecule has 0 saturated carbocycles. The topological polar surface area (TPSA) is 130 Å². The summed E-state index contributed by atoms with van der Waals surface area (Å²) in [5.41, 5.74) is 0. The number of ether oxygens (including phenoxy) is 2. The fourth-order valence-electron chi connectivity index (χ4n) is 0.897. The molecule has 1 aliphatic heterocycles. The van der Waals surface area contributed by atoms with E-state index in [0.29, 0.717) is 6.79 Å². The summed E-state index contributed by atoms with van der Waals surface area (Å²) >= 11 is 1.07. The predicted molar refractivity (Wildman–Crippen MR) is 77.9 cm³/mol. The molecule has 0 fully saturated rings. The number of aliphatic carboxylic acids is 3. The standard InChI is InChI=1S/C7H5O2.3C2H4O2.Pb/c1-2-4-7-6(3-1)8-5-9-7;3*1-2(3)4;/h1,3-4H,5H2;3*1H3,(H,3,4);. The zero-order valence-corrected chi connectivity index (χ0v) is 16.2. The van der Waals surface area contributed by atoms with Gasteiger partial charge < -0.3 is 15.3 Å². The van der Waals surface area contributed by atoms with Crippen LogP contribution in [0.25, 0.3) is 0 Å². The Hall–Kier alpha value is -1.85. The van der Waals surface area contributed by atoms with E-state index in [0.717, 1.165) is 58.0 Å². The normalized spacial score (nSPS) is 9.64. The fourth-order valence-corrected chi connectivity index (χ4v) is 1.73. The van der Waals surface area contributed by atoms with Crippen molar-refractivity contribution in [2.45, 2.75) is 20.8 Å². The van der Waals surface area contributed by atoms with Gasteiger partial charge in [-0.1, -0.05) is 0 Å². The van der Waals surface area contributed by atoms with Crippen LogP contribution in [-0.2, 0) is 14.4 Å². The Labute approximate surface area is 143 Å². The minimum atomic E-state index is -0.833. The molecule has 1 heterocycles. The first-order valence-corrected chi connectivity index (χ1v) is 7.70. The molecule has 0 aliphatic carbocycles. The first-order valence-electron chi connectivity index (χ1n) is 5.76. The Morgan fingerprint density at radius 3 is 1.68 bits per heavy atom. The van der Waals surface area contributed by atoms with Crippen LogP contribution in [0.15, 0.2) is 18.2 Å². The second-order valence-corrected chi connectivity index (χ2v) is 5.87. The van der Waals surface area contributed by atoms with Gasteiger partial charge in [0.2, 0.25) is 0 Å². The van der Waals surface area contributed by atoms with Crippen molar-refractivity contribution >= 4 is 46.8 Å². The van der Waals surface area contributed by atoms with Crippen molar-refractivity contribution in [1.82, 2.24) is 0 Å². The molecule has 8 nitrogen and oxygen atoms in total. The molecule has 0 spiro atoms. The molecule has 22 heavy (non-hydrogen) atoms. The van der Waals surface area contributed by atoms with E-state index in [9.17, 15) is 0 Å². The van der Waals surface area contributed by atoms with Crippen LogP contribution in [0.2, 0.25) is 0 Å². The van der Waals surface area contributed by atoms with E-state index in [4.69, 9.17) is 39.2 Å². The molecular formula is C13H17O8Pb. The van der Waals surface area contributed by atoms with E-state index in [1.807, 2.05) is 12.1 Å². The third-order valence-corrected chi connectivity index (χ3v) is 2.58. The quantitative estimate of drug-likeness (QED) is 0.432. The van der Waals surface area contributed by atoms with Gasteiger partial charge in [-0.15, -0.1) is 0 Å². The number of fused-ring (bicyclic) bond motifs is 1. The summed E-state index contributed by atoms with van der Waals surface area (Å²) in [6, 6.07) is 6.07. The van der Waals surface area contributed by atoms with E-state index in [1.54, 1.807) is 0 Å². The van der Waals surface area contributed by atoms with Crippen LogP contribution in [0.5, 0.6) is 11.5 Å². The molecule has 0 bridgehead atoms. The van der Waals surface area contributed by atoms with E-state index in [1.165, 1.54) is 3.12 Å². The molecule has 1 aromatic rings. The summed E-state index contributed by atoms with van der Waals surface area (Å²) in [5, 5.41) is 22.2. The summed E-state index contributed by atoms with van der Waals surface area (Å²) in [7, 11) is 0. The minimum absolute atomic E-state index is 0.375. The van der Waals surface area contributed by atoms with Gasteiger partial charge in [-0.2, -0.15) is 0 Å². The van der Waals surface area contributed by atoms with E-state index >= 15 is 0 Å². The van der Waals surface area contributed by atoms with Gasteiger partial charge in [0.1, 0.15) is 0 Å². The van der Waals surface area contributed by atoms with Gasteiger partial charge in [-0.3, -0.25) is 14.4 Å². The van der Waals surface area contributed by atoms with Gasteiger partial charge in [-0.25, -0.2) is 0 Å². The van der Waals surface area contributed by atoms with Crippen LogP contribution < -0.4 is 12.6 Å². The maximum absolute atomic E-state index is 9.00. The van der Waals surface area contributed by atoms with Crippen LogP contribution >= 0.6 is 0 Å². The molecule has 0 amide bonds. The molecule has 0 aromatic heterocycles. The van der Waals surface area contributed by atoms with Crippen molar-refractivity contribution in [3.63, 3.8) is 0 Å². The van der Waals surface area contributed by atoms with Gasteiger partial charge in [0.05, 0.1) is 0 Å². The second-order valence-electron chi connectivity index (χ2n) is 3.63. The number of rotatable bonds is 0. The van der Waals surface area contributed by atoms with Gasteiger partial charge in [0.25, 0.3) is 17.9 Å². The molecule has 1 aliphatic rings. The van der Waals surface area contributed by atoms with Gasteiger partial charge in [0.15, 0.2) is 0 Å². The van der Waals surface area contributed by atoms with Crippen molar-refractivity contribution < 1.29 is 39.2 Å². The van der Waals surface area contributed by atoms with Crippen molar-refractivity contribution in [1.29, 1.82) is 0 Å². The average molecular weight is 508 g/mol. The molecule has 2 rings (SSSR count). The monoisotopic (exact) mass is 509 g/mol. The third kappa shape index (κ3) is 18.2. The summed E-state index contributed by atoms with van der Waals surface area (Å²) in [6.07, 6.45) is 0. The molecule has 121 valence electrons. The molecule has 9 heteroatoms. The predicted octanol–water partition coefficient (Wildman–Crippen LogP) is 0.482. The first kappa shape index (κ1) is 22.4. The Bertz CT molecular complexity index is 460. The summed E-state index contributed by atoms with van der Waals surface area (Å²) in [5.74, 6) is -0.730. The zero-order valence-electron chi connectivity index (χ0n) is 12.3. The summed E-state index contributed by atoms with van der Waals surface area (Å²) in [6.45, 7) is 3.63. The number of carbonyl (C=O) groups is 3. The van der Waals surface area contributed by atoms with Gasteiger partial charge in [-0.05, 0) is 0 Å². The molecular weight excluding hydrogens is 491 g/mol.